The predicted molar refractivity (Wildman–Crippen MR) is 94.9 cm³/mol. The maximum absolute atomic E-state index is 13.0. The van der Waals surface area contributed by atoms with E-state index in [-0.39, 0.29) is 11.9 Å². The molecule has 1 unspecified atom stereocenters. The van der Waals surface area contributed by atoms with Crippen LogP contribution in [-0.4, -0.2) is 47.1 Å². The van der Waals surface area contributed by atoms with E-state index in [1.807, 2.05) is 40.9 Å². The lowest BCUT2D eigenvalue weighted by Crippen LogP contribution is -2.49. The van der Waals surface area contributed by atoms with Crippen LogP contribution in [0.2, 0.25) is 0 Å². The molecular formula is C17H21BrN4O2. The smallest absolute Gasteiger partial charge is 0.227 e. The number of nitrogens with zero attached hydrogens (tertiary/aromatic N) is 3. The number of benzene rings is 1. The van der Waals surface area contributed by atoms with Gasteiger partial charge in [0.15, 0.2) is 0 Å². The summed E-state index contributed by atoms with van der Waals surface area (Å²) in [5.74, 6) is 1.72. The Bertz CT molecular complexity index is 731. The number of carbonyl (C=O) groups excluding carboxylic acids is 1. The van der Waals surface area contributed by atoms with Crippen LogP contribution in [0.5, 0.6) is 5.75 Å². The highest BCUT2D eigenvalue weighted by molar-refractivity contribution is 9.10. The van der Waals surface area contributed by atoms with Crippen LogP contribution in [0.1, 0.15) is 17.4 Å². The number of aromatic nitrogens is 2. The molecule has 6 nitrogen and oxygen atoms in total. The van der Waals surface area contributed by atoms with Crippen molar-refractivity contribution in [2.75, 3.05) is 26.7 Å². The van der Waals surface area contributed by atoms with Gasteiger partial charge in [-0.3, -0.25) is 4.79 Å². The van der Waals surface area contributed by atoms with Crippen LogP contribution in [-0.2, 0) is 18.3 Å². The fraction of sp³-hybridized carbons (Fsp3) is 0.412. The minimum absolute atomic E-state index is 0.0515. The molecule has 1 aromatic heterocycles. The number of carbonyl (C=O) groups is 1. The van der Waals surface area contributed by atoms with Crippen LogP contribution in [0.4, 0.5) is 0 Å². The average Bonchev–Trinajstić information content (AvgIpc) is 3.01. The molecule has 0 saturated carbocycles. The molecule has 1 fully saturated rings. The second-order valence-electron chi connectivity index (χ2n) is 5.84. The van der Waals surface area contributed by atoms with E-state index in [4.69, 9.17) is 4.74 Å². The summed E-state index contributed by atoms with van der Waals surface area (Å²) in [6, 6.07) is 5.67. The normalized spacial score (nSPS) is 17.8. The number of hydrogen-bond acceptors (Lipinski definition) is 4. The first-order valence-electron chi connectivity index (χ1n) is 7.90. The lowest BCUT2D eigenvalue weighted by Gasteiger charge is -2.36. The molecule has 0 aliphatic carbocycles. The van der Waals surface area contributed by atoms with Crippen molar-refractivity contribution in [1.82, 2.24) is 19.8 Å². The molecule has 1 atom stereocenters. The quantitative estimate of drug-likeness (QED) is 0.862. The summed E-state index contributed by atoms with van der Waals surface area (Å²) < 4.78 is 8.29. The topological polar surface area (TPSA) is 59.4 Å². The van der Waals surface area contributed by atoms with Crippen molar-refractivity contribution < 1.29 is 9.53 Å². The van der Waals surface area contributed by atoms with Crippen LogP contribution in [0.3, 0.4) is 0 Å². The molecule has 1 aliphatic rings. The molecule has 3 rings (SSSR count). The van der Waals surface area contributed by atoms with Gasteiger partial charge < -0.3 is 19.5 Å². The van der Waals surface area contributed by atoms with Gasteiger partial charge in [-0.25, -0.2) is 4.98 Å². The Balaban J connectivity index is 1.82. The molecule has 0 radical (unpaired) electrons. The Hall–Kier alpha value is -1.86. The lowest BCUT2D eigenvalue weighted by molar-refractivity contribution is -0.134. The predicted octanol–water partition coefficient (Wildman–Crippen LogP) is 1.91. The Morgan fingerprint density at radius 2 is 2.33 bits per heavy atom. The highest BCUT2D eigenvalue weighted by Crippen LogP contribution is 2.26. The van der Waals surface area contributed by atoms with E-state index in [0.717, 1.165) is 28.2 Å². The van der Waals surface area contributed by atoms with Gasteiger partial charge in [-0.05, 0) is 18.2 Å². The number of amides is 1. The van der Waals surface area contributed by atoms with Crippen molar-refractivity contribution in [1.29, 1.82) is 0 Å². The van der Waals surface area contributed by atoms with Gasteiger partial charge in [0.05, 0.1) is 13.5 Å². The summed E-state index contributed by atoms with van der Waals surface area (Å²) in [5, 5.41) is 3.35. The fourth-order valence-electron chi connectivity index (χ4n) is 3.08. The molecule has 1 aliphatic heterocycles. The van der Waals surface area contributed by atoms with Crippen molar-refractivity contribution in [2.45, 2.75) is 12.5 Å². The fourth-order valence-corrected chi connectivity index (χ4v) is 3.49. The van der Waals surface area contributed by atoms with Crippen molar-refractivity contribution >= 4 is 21.8 Å². The number of hydrogen-bond donors (Lipinski definition) is 1. The summed E-state index contributed by atoms with van der Waals surface area (Å²) in [7, 11) is 3.58. The molecule has 24 heavy (non-hydrogen) atoms. The summed E-state index contributed by atoms with van der Waals surface area (Å²) in [4.78, 5) is 19.3. The number of imidazole rings is 1. The van der Waals surface area contributed by atoms with E-state index < -0.39 is 0 Å². The molecule has 1 amide bonds. The Labute approximate surface area is 149 Å². The highest BCUT2D eigenvalue weighted by Gasteiger charge is 2.30. The largest absolute Gasteiger partial charge is 0.496 e. The second-order valence-corrected chi connectivity index (χ2v) is 6.75. The minimum atomic E-state index is -0.0515. The van der Waals surface area contributed by atoms with Gasteiger partial charge in [-0.1, -0.05) is 15.9 Å². The highest BCUT2D eigenvalue weighted by atomic mass is 79.9. The molecule has 1 N–H and O–H groups in total. The Kier molecular flexibility index (Phi) is 5.20. The van der Waals surface area contributed by atoms with Crippen molar-refractivity contribution in [3.63, 3.8) is 0 Å². The maximum Gasteiger partial charge on any atom is 0.227 e. The zero-order valence-electron chi connectivity index (χ0n) is 13.8. The lowest BCUT2D eigenvalue weighted by atomic mass is 10.1. The van der Waals surface area contributed by atoms with Gasteiger partial charge in [0.25, 0.3) is 0 Å². The minimum Gasteiger partial charge on any atom is -0.496 e. The van der Waals surface area contributed by atoms with Crippen LogP contribution < -0.4 is 10.1 Å². The number of nitrogens with one attached hydrogen (secondary N) is 1. The third kappa shape index (κ3) is 3.47. The molecule has 2 heterocycles. The zero-order chi connectivity index (χ0) is 17.1. The molecule has 1 saturated heterocycles. The molecule has 0 bridgehead atoms. The third-order valence-electron chi connectivity index (χ3n) is 4.30. The van der Waals surface area contributed by atoms with Gasteiger partial charge in [0, 0.05) is 49.1 Å². The van der Waals surface area contributed by atoms with Crippen molar-refractivity contribution in [2.24, 2.45) is 7.05 Å². The molecule has 1 aromatic carbocycles. The van der Waals surface area contributed by atoms with E-state index in [9.17, 15) is 4.79 Å². The first-order chi connectivity index (χ1) is 11.6. The zero-order valence-corrected chi connectivity index (χ0v) is 15.4. The van der Waals surface area contributed by atoms with Crippen molar-refractivity contribution in [3.8, 4) is 5.75 Å². The van der Waals surface area contributed by atoms with Gasteiger partial charge in [-0.2, -0.15) is 0 Å². The van der Waals surface area contributed by atoms with Crippen LogP contribution in [0.15, 0.2) is 35.1 Å². The standard InChI is InChI=1S/C17H21BrN4O2/c1-21-7-6-20-17(21)14-11-19-5-8-22(14)16(23)10-12-9-13(18)3-4-15(12)24-2/h3-4,6-7,9,14,19H,5,8,10-11H2,1-2H3. The third-order valence-corrected chi connectivity index (χ3v) is 4.80. The summed E-state index contributed by atoms with van der Waals surface area (Å²) in [6.07, 6.45) is 3.98. The van der Waals surface area contributed by atoms with E-state index in [0.29, 0.717) is 19.5 Å². The monoisotopic (exact) mass is 392 g/mol. The van der Waals surface area contributed by atoms with E-state index >= 15 is 0 Å². The Morgan fingerprint density at radius 3 is 3.04 bits per heavy atom. The number of methoxy groups -OCH3 is 1. The summed E-state index contributed by atoms with van der Waals surface area (Å²) in [6.45, 7) is 2.18. The first kappa shape index (κ1) is 17.0. The van der Waals surface area contributed by atoms with E-state index in [1.165, 1.54) is 0 Å². The Morgan fingerprint density at radius 1 is 1.50 bits per heavy atom. The van der Waals surface area contributed by atoms with E-state index in [1.54, 1.807) is 13.3 Å². The molecule has 128 valence electrons. The maximum atomic E-state index is 13.0. The number of piperazine rings is 1. The molecule has 0 spiro atoms. The van der Waals surface area contributed by atoms with Gasteiger partial charge >= 0.3 is 0 Å². The molecule has 7 heteroatoms. The van der Waals surface area contributed by atoms with E-state index in [2.05, 4.69) is 26.2 Å². The van der Waals surface area contributed by atoms with Crippen LogP contribution in [0.25, 0.3) is 0 Å². The van der Waals surface area contributed by atoms with Gasteiger partial charge in [-0.15, -0.1) is 0 Å². The number of rotatable bonds is 4. The van der Waals surface area contributed by atoms with Crippen LogP contribution >= 0.6 is 15.9 Å². The number of halogens is 1. The second kappa shape index (κ2) is 7.36. The molecule has 2 aromatic rings. The summed E-state index contributed by atoms with van der Waals surface area (Å²) in [5.41, 5.74) is 0.883. The number of ether oxygens (including phenoxy) is 1. The van der Waals surface area contributed by atoms with Gasteiger partial charge in [0.2, 0.25) is 5.91 Å². The first-order valence-corrected chi connectivity index (χ1v) is 8.69. The average molecular weight is 393 g/mol. The summed E-state index contributed by atoms with van der Waals surface area (Å²) >= 11 is 3.46. The number of aryl methyl sites for hydroxylation is 1. The van der Waals surface area contributed by atoms with Gasteiger partial charge in [0.1, 0.15) is 17.6 Å². The van der Waals surface area contributed by atoms with Crippen molar-refractivity contribution in [3.05, 3.63) is 46.5 Å². The molecular weight excluding hydrogens is 372 g/mol. The SMILES string of the molecule is COc1ccc(Br)cc1CC(=O)N1CCNCC1c1nccn1C. The van der Waals surface area contributed by atoms with Crippen LogP contribution in [0, 0.1) is 0 Å².